The Morgan fingerprint density at radius 2 is 2.17 bits per heavy atom. The van der Waals surface area contributed by atoms with Crippen molar-refractivity contribution < 1.29 is 8.42 Å². The zero-order chi connectivity index (χ0) is 13.4. The summed E-state index contributed by atoms with van der Waals surface area (Å²) < 4.78 is 26.5. The third kappa shape index (κ3) is 2.68. The van der Waals surface area contributed by atoms with Crippen LogP contribution < -0.4 is 0 Å². The summed E-state index contributed by atoms with van der Waals surface area (Å²) in [4.78, 5) is 3.94. The molecule has 0 N–H and O–H groups in total. The van der Waals surface area contributed by atoms with Crippen LogP contribution in [0.25, 0.3) is 0 Å². The SMILES string of the molecule is CC1(C)CCCN(S(=O)(=O)c2cccnc2Cl)C1. The minimum Gasteiger partial charge on any atom is -0.243 e. The fourth-order valence-corrected chi connectivity index (χ4v) is 4.37. The molecule has 2 heterocycles. The van der Waals surface area contributed by atoms with Crippen LogP contribution >= 0.6 is 11.6 Å². The standard InChI is InChI=1S/C12H17ClN2O2S/c1-12(2)6-4-8-15(9-12)18(16,17)10-5-3-7-14-11(10)13/h3,5,7H,4,6,8-9H2,1-2H3. The lowest BCUT2D eigenvalue weighted by atomic mass is 9.85. The predicted octanol–water partition coefficient (Wildman–Crippen LogP) is 2.55. The second-order valence-corrected chi connectivity index (χ2v) is 7.66. The number of hydrogen-bond acceptors (Lipinski definition) is 3. The number of hydrogen-bond donors (Lipinski definition) is 0. The first kappa shape index (κ1) is 13.8. The minimum atomic E-state index is -3.52. The Bertz CT molecular complexity index is 543. The molecule has 0 spiro atoms. The van der Waals surface area contributed by atoms with Gasteiger partial charge in [0.15, 0.2) is 0 Å². The minimum absolute atomic E-state index is 0.0139. The van der Waals surface area contributed by atoms with Crippen molar-refractivity contribution in [1.82, 2.24) is 9.29 Å². The molecule has 1 aromatic rings. The van der Waals surface area contributed by atoms with Gasteiger partial charge in [-0.05, 0) is 30.4 Å². The Kier molecular flexibility index (Phi) is 3.67. The molecule has 0 amide bonds. The molecule has 0 aliphatic carbocycles. The van der Waals surface area contributed by atoms with Crippen LogP contribution in [0.5, 0.6) is 0 Å². The van der Waals surface area contributed by atoms with E-state index in [1.807, 2.05) is 0 Å². The van der Waals surface area contributed by atoms with Gasteiger partial charge < -0.3 is 0 Å². The number of aromatic nitrogens is 1. The molecule has 0 atom stereocenters. The summed E-state index contributed by atoms with van der Waals surface area (Å²) in [5, 5.41) is 0.0425. The van der Waals surface area contributed by atoms with Crippen LogP contribution in [-0.2, 0) is 10.0 Å². The lowest BCUT2D eigenvalue weighted by molar-refractivity contribution is 0.187. The summed E-state index contributed by atoms with van der Waals surface area (Å²) in [5.41, 5.74) is 0.0139. The molecule has 6 heteroatoms. The highest BCUT2D eigenvalue weighted by Gasteiger charge is 2.35. The van der Waals surface area contributed by atoms with Crippen molar-refractivity contribution in [2.75, 3.05) is 13.1 Å². The van der Waals surface area contributed by atoms with Crippen LogP contribution in [0.4, 0.5) is 0 Å². The fraction of sp³-hybridized carbons (Fsp3) is 0.583. The van der Waals surface area contributed by atoms with E-state index < -0.39 is 10.0 Å². The van der Waals surface area contributed by atoms with E-state index in [4.69, 9.17) is 11.6 Å². The normalized spacial score (nSPS) is 20.8. The Balaban J connectivity index is 2.35. The zero-order valence-corrected chi connectivity index (χ0v) is 12.1. The van der Waals surface area contributed by atoms with Crippen LogP contribution in [0.2, 0.25) is 5.15 Å². The summed E-state index contributed by atoms with van der Waals surface area (Å²) in [5.74, 6) is 0. The van der Waals surface area contributed by atoms with Crippen LogP contribution in [0.15, 0.2) is 23.2 Å². The Morgan fingerprint density at radius 3 is 2.78 bits per heavy atom. The number of rotatable bonds is 2. The van der Waals surface area contributed by atoms with Gasteiger partial charge in [0.25, 0.3) is 0 Å². The zero-order valence-electron chi connectivity index (χ0n) is 10.6. The highest BCUT2D eigenvalue weighted by Crippen LogP contribution is 2.32. The van der Waals surface area contributed by atoms with Gasteiger partial charge in [-0.15, -0.1) is 0 Å². The van der Waals surface area contributed by atoms with E-state index in [1.165, 1.54) is 16.6 Å². The molecule has 1 aliphatic rings. The van der Waals surface area contributed by atoms with Gasteiger partial charge >= 0.3 is 0 Å². The molecule has 1 fully saturated rings. The molecule has 1 aliphatic heterocycles. The molecule has 0 saturated carbocycles. The third-order valence-corrected chi connectivity index (χ3v) is 5.50. The highest BCUT2D eigenvalue weighted by atomic mass is 35.5. The summed E-state index contributed by atoms with van der Waals surface area (Å²) in [7, 11) is -3.52. The van der Waals surface area contributed by atoms with Crippen molar-refractivity contribution in [2.24, 2.45) is 5.41 Å². The van der Waals surface area contributed by atoms with Gasteiger partial charge in [0.1, 0.15) is 10.0 Å². The molecule has 18 heavy (non-hydrogen) atoms. The Morgan fingerprint density at radius 1 is 1.44 bits per heavy atom. The molecule has 0 unspecified atom stereocenters. The van der Waals surface area contributed by atoms with E-state index >= 15 is 0 Å². The summed E-state index contributed by atoms with van der Waals surface area (Å²) in [6, 6.07) is 3.10. The van der Waals surface area contributed by atoms with Gasteiger partial charge in [0.05, 0.1) is 0 Å². The molecule has 100 valence electrons. The lowest BCUT2D eigenvalue weighted by Crippen LogP contribution is -2.43. The topological polar surface area (TPSA) is 50.3 Å². The summed E-state index contributed by atoms with van der Waals surface area (Å²) in [6.45, 7) is 5.25. The maximum absolute atomic E-state index is 12.5. The average molecular weight is 289 g/mol. The second kappa shape index (κ2) is 4.79. The lowest BCUT2D eigenvalue weighted by Gasteiger charge is -2.37. The summed E-state index contributed by atoms with van der Waals surface area (Å²) in [6.07, 6.45) is 3.41. The molecule has 1 aromatic heterocycles. The first-order chi connectivity index (χ1) is 8.33. The highest BCUT2D eigenvalue weighted by molar-refractivity contribution is 7.89. The quantitative estimate of drug-likeness (QED) is 0.786. The van der Waals surface area contributed by atoms with Crippen molar-refractivity contribution in [1.29, 1.82) is 0 Å². The number of piperidine rings is 1. The fourth-order valence-electron chi connectivity index (χ4n) is 2.28. The third-order valence-electron chi connectivity index (χ3n) is 3.21. The van der Waals surface area contributed by atoms with Gasteiger partial charge in [0, 0.05) is 19.3 Å². The van der Waals surface area contributed by atoms with Gasteiger partial charge in [-0.1, -0.05) is 25.4 Å². The van der Waals surface area contributed by atoms with Gasteiger partial charge in [-0.2, -0.15) is 4.31 Å². The van der Waals surface area contributed by atoms with Crippen molar-refractivity contribution in [3.8, 4) is 0 Å². The van der Waals surface area contributed by atoms with Gasteiger partial charge in [0.2, 0.25) is 10.0 Å². The average Bonchev–Trinajstić information content (AvgIpc) is 2.28. The first-order valence-electron chi connectivity index (χ1n) is 5.94. The van der Waals surface area contributed by atoms with Gasteiger partial charge in [-0.25, -0.2) is 13.4 Å². The molecular formula is C12H17ClN2O2S. The molecule has 0 aromatic carbocycles. The van der Waals surface area contributed by atoms with Crippen LogP contribution in [0.3, 0.4) is 0 Å². The number of halogens is 1. The molecule has 2 rings (SSSR count). The van der Waals surface area contributed by atoms with E-state index in [9.17, 15) is 8.42 Å². The van der Waals surface area contributed by atoms with Crippen molar-refractivity contribution in [2.45, 2.75) is 31.6 Å². The Labute approximate surface area is 113 Å². The maximum atomic E-state index is 12.5. The summed E-state index contributed by atoms with van der Waals surface area (Å²) >= 11 is 5.88. The van der Waals surface area contributed by atoms with Crippen molar-refractivity contribution >= 4 is 21.6 Å². The largest absolute Gasteiger partial charge is 0.246 e. The molecule has 0 radical (unpaired) electrons. The van der Waals surface area contributed by atoms with Crippen LogP contribution in [-0.4, -0.2) is 30.8 Å². The molecule has 0 bridgehead atoms. The molecular weight excluding hydrogens is 272 g/mol. The van der Waals surface area contributed by atoms with E-state index in [1.54, 1.807) is 6.07 Å². The molecule has 1 saturated heterocycles. The number of sulfonamides is 1. The molecule has 4 nitrogen and oxygen atoms in total. The van der Waals surface area contributed by atoms with Gasteiger partial charge in [-0.3, -0.25) is 0 Å². The van der Waals surface area contributed by atoms with Crippen LogP contribution in [0.1, 0.15) is 26.7 Å². The smallest absolute Gasteiger partial charge is 0.243 e. The van der Waals surface area contributed by atoms with Crippen molar-refractivity contribution in [3.05, 3.63) is 23.5 Å². The Hall–Kier alpha value is -0.650. The van der Waals surface area contributed by atoms with E-state index in [2.05, 4.69) is 18.8 Å². The maximum Gasteiger partial charge on any atom is 0.246 e. The monoisotopic (exact) mass is 288 g/mol. The van der Waals surface area contributed by atoms with E-state index in [-0.39, 0.29) is 15.5 Å². The number of pyridine rings is 1. The second-order valence-electron chi connectivity index (χ2n) is 5.40. The predicted molar refractivity (Wildman–Crippen MR) is 71.0 cm³/mol. The number of nitrogens with zero attached hydrogens (tertiary/aromatic N) is 2. The van der Waals surface area contributed by atoms with E-state index in [0.717, 1.165) is 12.8 Å². The first-order valence-corrected chi connectivity index (χ1v) is 7.75. The van der Waals surface area contributed by atoms with E-state index in [0.29, 0.717) is 13.1 Å². The van der Waals surface area contributed by atoms with Crippen molar-refractivity contribution in [3.63, 3.8) is 0 Å². The van der Waals surface area contributed by atoms with Crippen LogP contribution in [0, 0.1) is 5.41 Å².